The standard InChI is InChI=1S/C70H64/c1-67(2,3)45-35-43(36-46(39-45)68(4,5)6)59-51-29-21-22-30-52(51)60(44-37-47(69(7,8)9)40-48(38-44)70(10,11)12)66-56-34-32-54-61-53(31-33-55(62(56)61)65(59)66)63-57(41-23-15-13-16-24-41)49-27-19-20-28-50(49)58(64(54)63)42-25-17-14-18-26-42/h13-40H,1-12H3. The van der Waals surface area contributed by atoms with Gasteiger partial charge in [-0.2, -0.15) is 0 Å². The van der Waals surface area contributed by atoms with Crippen molar-refractivity contribution in [1.29, 1.82) is 0 Å². The first kappa shape index (κ1) is 44.2. The summed E-state index contributed by atoms with van der Waals surface area (Å²) in [6.45, 7) is 28.4. The van der Waals surface area contributed by atoms with Crippen molar-refractivity contribution in [2.75, 3.05) is 0 Å². The Morgan fingerprint density at radius 1 is 0.214 bits per heavy atom. The largest absolute Gasteiger partial charge is 0.0622 e. The van der Waals surface area contributed by atoms with Gasteiger partial charge in [-0.3, -0.25) is 0 Å². The van der Waals surface area contributed by atoms with Gasteiger partial charge in [0.2, 0.25) is 0 Å². The quantitative estimate of drug-likeness (QED) is 0.165. The van der Waals surface area contributed by atoms with Crippen molar-refractivity contribution < 1.29 is 0 Å². The van der Waals surface area contributed by atoms with E-state index in [9.17, 15) is 0 Å². The Kier molecular flexibility index (Phi) is 9.62. The van der Waals surface area contributed by atoms with Crippen LogP contribution in [0.3, 0.4) is 0 Å². The van der Waals surface area contributed by atoms with Gasteiger partial charge >= 0.3 is 0 Å². The molecule has 0 fully saturated rings. The Hall–Kier alpha value is -7.02. The second-order valence-corrected chi connectivity index (χ2v) is 24.5. The zero-order chi connectivity index (χ0) is 48.8. The minimum absolute atomic E-state index is 0.0422. The van der Waals surface area contributed by atoms with Crippen LogP contribution in [0.2, 0.25) is 0 Å². The van der Waals surface area contributed by atoms with E-state index in [-0.39, 0.29) is 21.7 Å². The summed E-state index contributed by atoms with van der Waals surface area (Å²) >= 11 is 0. The molecule has 0 heterocycles. The van der Waals surface area contributed by atoms with Crippen LogP contribution in [0.5, 0.6) is 0 Å². The summed E-state index contributed by atoms with van der Waals surface area (Å²) in [5.74, 6) is 0. The number of fused-ring (bicyclic) bond motifs is 8. The second kappa shape index (κ2) is 15.2. The second-order valence-electron chi connectivity index (χ2n) is 24.5. The van der Waals surface area contributed by atoms with Crippen molar-refractivity contribution in [2.45, 2.75) is 105 Å². The molecule has 0 unspecified atom stereocenters. The average Bonchev–Trinajstić information content (AvgIpc) is 3.83. The van der Waals surface area contributed by atoms with Gasteiger partial charge in [0.25, 0.3) is 0 Å². The minimum atomic E-state index is -0.0422. The molecule has 12 rings (SSSR count). The predicted molar refractivity (Wildman–Crippen MR) is 304 cm³/mol. The first-order valence-corrected chi connectivity index (χ1v) is 25.5. The highest BCUT2D eigenvalue weighted by atomic mass is 14.4. The summed E-state index contributed by atoms with van der Waals surface area (Å²) in [6.07, 6.45) is 0. The van der Waals surface area contributed by atoms with Crippen molar-refractivity contribution in [2.24, 2.45) is 0 Å². The third-order valence-electron chi connectivity index (χ3n) is 15.7. The molecule has 0 spiro atoms. The van der Waals surface area contributed by atoms with E-state index in [0.29, 0.717) is 0 Å². The molecule has 2 aliphatic carbocycles. The molecule has 0 heteroatoms. The number of rotatable bonds is 4. The normalized spacial score (nSPS) is 13.1. The summed E-state index contributed by atoms with van der Waals surface area (Å²) in [5, 5.41) is 7.90. The molecule has 0 aromatic heterocycles. The molecule has 10 aromatic carbocycles. The molecule has 2 aliphatic rings. The maximum absolute atomic E-state index is 2.52. The lowest BCUT2D eigenvalue weighted by Crippen LogP contribution is -2.17. The van der Waals surface area contributed by atoms with Crippen LogP contribution in [-0.2, 0) is 21.7 Å². The molecule has 0 aliphatic heterocycles. The SMILES string of the molecule is CC(C)(C)c1cc(-c2c3c(c(-c4cc(C(C)(C)C)cc(C(C)(C)C)c4)c4ccccc24)-c2ccc4c5c(ccc-3c25)-c2c-4c(-c3ccccc3)c3ccccc3c2-c2ccccc2)cc(C(C)(C)C)c1. The van der Waals surface area contributed by atoms with Crippen LogP contribution in [-0.4, -0.2) is 0 Å². The summed E-state index contributed by atoms with van der Waals surface area (Å²) in [5.41, 5.74) is 26.3. The molecule has 344 valence electrons. The molecule has 10 aromatic rings. The lowest BCUT2D eigenvalue weighted by molar-refractivity contribution is 0.568. The monoisotopic (exact) mass is 905 g/mol. The Balaban J connectivity index is 1.28. The van der Waals surface area contributed by atoms with E-state index >= 15 is 0 Å². The summed E-state index contributed by atoms with van der Waals surface area (Å²) in [4.78, 5) is 0. The fourth-order valence-electron chi connectivity index (χ4n) is 12.0. The molecular formula is C70H64. The van der Waals surface area contributed by atoms with Gasteiger partial charge in [0.15, 0.2) is 0 Å². The lowest BCUT2D eigenvalue weighted by Gasteiger charge is -2.29. The lowest BCUT2D eigenvalue weighted by atomic mass is 9.75. The Labute approximate surface area is 416 Å². The summed E-state index contributed by atoms with van der Waals surface area (Å²) in [7, 11) is 0. The van der Waals surface area contributed by atoms with Crippen LogP contribution in [0.15, 0.2) is 170 Å². The molecule has 0 radical (unpaired) electrons. The molecular weight excluding hydrogens is 841 g/mol. The van der Waals surface area contributed by atoms with Gasteiger partial charge in [-0.25, -0.2) is 0 Å². The highest BCUT2D eigenvalue weighted by Gasteiger charge is 2.38. The maximum Gasteiger partial charge on any atom is -0.000740 e. The van der Waals surface area contributed by atoms with E-state index in [1.165, 1.54) is 144 Å². The number of hydrogen-bond acceptors (Lipinski definition) is 0. The van der Waals surface area contributed by atoms with Crippen LogP contribution in [0.1, 0.15) is 105 Å². The molecule has 0 saturated carbocycles. The zero-order valence-electron chi connectivity index (χ0n) is 43.2. The highest BCUT2D eigenvalue weighted by Crippen LogP contribution is 2.64. The van der Waals surface area contributed by atoms with Gasteiger partial charge in [-0.1, -0.05) is 253 Å². The molecule has 0 bridgehead atoms. The highest BCUT2D eigenvalue weighted by molar-refractivity contribution is 6.35. The topological polar surface area (TPSA) is 0 Å². The fourth-order valence-corrected chi connectivity index (χ4v) is 12.0. The van der Waals surface area contributed by atoms with Crippen molar-refractivity contribution in [3.05, 3.63) is 192 Å². The maximum atomic E-state index is 2.52. The van der Waals surface area contributed by atoms with E-state index < -0.39 is 0 Å². The van der Waals surface area contributed by atoms with Gasteiger partial charge < -0.3 is 0 Å². The molecule has 70 heavy (non-hydrogen) atoms. The summed E-state index contributed by atoms with van der Waals surface area (Å²) < 4.78 is 0. The average molecular weight is 905 g/mol. The fraction of sp³-hybridized carbons (Fsp3) is 0.229. The zero-order valence-corrected chi connectivity index (χ0v) is 43.2. The van der Waals surface area contributed by atoms with Gasteiger partial charge in [0, 0.05) is 0 Å². The van der Waals surface area contributed by atoms with Crippen LogP contribution in [0.25, 0.3) is 121 Å². The van der Waals surface area contributed by atoms with Crippen LogP contribution < -0.4 is 0 Å². The minimum Gasteiger partial charge on any atom is -0.0622 e. The molecule has 0 amide bonds. The molecule has 0 atom stereocenters. The number of hydrogen-bond donors (Lipinski definition) is 0. The van der Waals surface area contributed by atoms with Crippen molar-refractivity contribution in [3.63, 3.8) is 0 Å². The van der Waals surface area contributed by atoms with E-state index in [4.69, 9.17) is 0 Å². The molecule has 0 nitrogen and oxygen atoms in total. The van der Waals surface area contributed by atoms with E-state index in [2.05, 4.69) is 253 Å². The molecule has 0 N–H and O–H groups in total. The predicted octanol–water partition coefficient (Wildman–Crippen LogP) is 20.3. The van der Waals surface area contributed by atoms with Crippen molar-refractivity contribution in [3.8, 4) is 89.0 Å². The summed E-state index contributed by atoms with van der Waals surface area (Å²) in [6, 6.07) is 65.7. The van der Waals surface area contributed by atoms with E-state index in [0.717, 1.165) is 0 Å². The molecule has 0 saturated heterocycles. The Bertz CT molecular complexity index is 3500. The van der Waals surface area contributed by atoms with Gasteiger partial charge in [0.05, 0.1) is 0 Å². The van der Waals surface area contributed by atoms with Gasteiger partial charge in [-0.15, -0.1) is 0 Å². The van der Waals surface area contributed by atoms with Crippen molar-refractivity contribution in [1.82, 2.24) is 0 Å². The van der Waals surface area contributed by atoms with Gasteiger partial charge in [-0.05, 0) is 165 Å². The Morgan fingerprint density at radius 2 is 0.443 bits per heavy atom. The smallest absolute Gasteiger partial charge is 0.000740 e. The Morgan fingerprint density at radius 3 is 0.686 bits per heavy atom. The third kappa shape index (κ3) is 6.70. The third-order valence-corrected chi connectivity index (χ3v) is 15.7. The van der Waals surface area contributed by atoms with E-state index in [1.54, 1.807) is 0 Å². The van der Waals surface area contributed by atoms with Crippen LogP contribution >= 0.6 is 0 Å². The first-order chi connectivity index (χ1) is 33.3. The van der Waals surface area contributed by atoms with Gasteiger partial charge in [0.1, 0.15) is 0 Å². The number of benzene rings is 10. The van der Waals surface area contributed by atoms with Crippen LogP contribution in [0, 0.1) is 0 Å². The van der Waals surface area contributed by atoms with E-state index in [1.807, 2.05) is 0 Å². The van der Waals surface area contributed by atoms with Crippen LogP contribution in [0.4, 0.5) is 0 Å². The van der Waals surface area contributed by atoms with Crippen molar-refractivity contribution >= 4 is 32.3 Å². The first-order valence-electron chi connectivity index (χ1n) is 25.5.